The normalized spacial score (nSPS) is 23.6. The Morgan fingerprint density at radius 3 is 2.59 bits per heavy atom. The van der Waals surface area contributed by atoms with Crippen LogP contribution < -0.4 is 10.0 Å². The molecule has 0 bridgehead atoms. The number of nitrogens with one attached hydrogen (secondary N) is 2. The van der Waals surface area contributed by atoms with E-state index in [1.807, 2.05) is 0 Å². The fourth-order valence-electron chi connectivity index (χ4n) is 4.49. The Labute approximate surface area is 191 Å². The number of nitrogens with zero attached hydrogens (tertiary/aromatic N) is 3. The van der Waals surface area contributed by atoms with Crippen LogP contribution in [0.15, 0.2) is 23.1 Å². The van der Waals surface area contributed by atoms with Crippen molar-refractivity contribution < 1.29 is 13.3 Å². The molecule has 0 spiro atoms. The minimum atomic E-state index is -3.79. The monoisotopic (exact) mass is 467 g/mol. The maximum absolute atomic E-state index is 12.8. The summed E-state index contributed by atoms with van der Waals surface area (Å²) in [4.78, 5) is 15.8. The second-order valence-corrected chi connectivity index (χ2v) is 11.0. The van der Waals surface area contributed by atoms with Gasteiger partial charge in [-0.25, -0.2) is 13.1 Å². The molecule has 0 unspecified atom stereocenters. The Kier molecular flexibility index (Phi) is 8.87. The van der Waals surface area contributed by atoms with Gasteiger partial charge in [-0.1, -0.05) is 6.92 Å². The maximum Gasteiger partial charge on any atom is 0.293 e. The molecule has 0 aromatic heterocycles. The molecule has 1 aromatic carbocycles. The van der Waals surface area contributed by atoms with Crippen LogP contribution >= 0.6 is 0 Å². The summed E-state index contributed by atoms with van der Waals surface area (Å²) >= 11 is 0. The molecule has 2 fully saturated rings. The largest absolute Gasteiger partial charge is 0.379 e. The number of sulfonamides is 1. The van der Waals surface area contributed by atoms with Gasteiger partial charge in [0.05, 0.1) is 9.82 Å². The van der Waals surface area contributed by atoms with Gasteiger partial charge in [0.1, 0.15) is 5.69 Å². The number of hydrogen-bond acceptors (Lipinski definition) is 7. The third kappa shape index (κ3) is 7.13. The smallest absolute Gasteiger partial charge is 0.293 e. The molecule has 1 aliphatic heterocycles. The van der Waals surface area contributed by atoms with Gasteiger partial charge in [0.15, 0.2) is 0 Å². The van der Waals surface area contributed by atoms with Crippen LogP contribution in [0.4, 0.5) is 11.4 Å². The van der Waals surface area contributed by atoms with Gasteiger partial charge in [0.25, 0.3) is 5.69 Å². The Hall–Kier alpha value is -1.75. The van der Waals surface area contributed by atoms with Crippen molar-refractivity contribution >= 4 is 21.4 Å². The molecule has 1 aromatic rings. The van der Waals surface area contributed by atoms with E-state index in [1.54, 1.807) is 0 Å². The van der Waals surface area contributed by atoms with E-state index in [0.29, 0.717) is 18.2 Å². The number of benzene rings is 1. The van der Waals surface area contributed by atoms with Crippen molar-refractivity contribution in [1.82, 2.24) is 14.5 Å². The number of likely N-dealkylation sites (N-methyl/N-ethyl adjacent to an activating group) is 1. The Balaban J connectivity index is 1.57. The standard InChI is InChI=1S/C22H37N5O4S/c1-18-5-7-19(8-6-18)24-32(30,31)20-9-10-21(22(17-20)27(28)29)23-11-3-13-26-14-4-12-25(2)15-16-26/h9-10,17-19,23-24H,3-8,11-16H2,1-2H3. The Morgan fingerprint density at radius 2 is 1.88 bits per heavy atom. The summed E-state index contributed by atoms with van der Waals surface area (Å²) in [6.45, 7) is 7.99. The molecular weight excluding hydrogens is 430 g/mol. The van der Waals surface area contributed by atoms with E-state index in [1.165, 1.54) is 18.2 Å². The summed E-state index contributed by atoms with van der Waals surface area (Å²) < 4.78 is 28.3. The molecule has 2 aliphatic rings. The van der Waals surface area contributed by atoms with E-state index >= 15 is 0 Å². The molecule has 0 atom stereocenters. The number of nitro benzene ring substituents is 1. The molecule has 9 nitrogen and oxygen atoms in total. The highest BCUT2D eigenvalue weighted by atomic mass is 32.2. The van der Waals surface area contributed by atoms with Gasteiger partial charge in [-0.2, -0.15) is 0 Å². The number of anilines is 1. The van der Waals surface area contributed by atoms with Gasteiger partial charge < -0.3 is 15.1 Å². The zero-order valence-corrected chi connectivity index (χ0v) is 20.1. The van der Waals surface area contributed by atoms with Crippen LogP contribution in [0, 0.1) is 16.0 Å². The molecule has 32 heavy (non-hydrogen) atoms. The summed E-state index contributed by atoms with van der Waals surface area (Å²) in [5.74, 6) is 0.614. The van der Waals surface area contributed by atoms with Gasteiger partial charge >= 0.3 is 0 Å². The first-order valence-electron chi connectivity index (χ1n) is 11.7. The molecule has 10 heteroatoms. The van der Waals surface area contributed by atoms with Crippen LogP contribution in [0.5, 0.6) is 0 Å². The molecule has 3 rings (SSSR count). The first kappa shape index (κ1) is 24.9. The van der Waals surface area contributed by atoms with E-state index in [-0.39, 0.29) is 16.6 Å². The summed E-state index contributed by atoms with van der Waals surface area (Å²) in [6, 6.07) is 4.03. The third-order valence-corrected chi connectivity index (χ3v) is 8.11. The van der Waals surface area contributed by atoms with Crippen LogP contribution in [0.25, 0.3) is 0 Å². The predicted octanol–water partition coefficient (Wildman–Crippen LogP) is 2.89. The third-order valence-electron chi connectivity index (χ3n) is 6.59. The van der Waals surface area contributed by atoms with Gasteiger partial charge in [-0.3, -0.25) is 10.1 Å². The predicted molar refractivity (Wildman–Crippen MR) is 126 cm³/mol. The fraction of sp³-hybridized carbons (Fsp3) is 0.727. The van der Waals surface area contributed by atoms with Gasteiger partial charge in [0, 0.05) is 31.7 Å². The van der Waals surface area contributed by atoms with E-state index in [0.717, 1.165) is 71.2 Å². The lowest BCUT2D eigenvalue weighted by atomic mass is 9.88. The van der Waals surface area contributed by atoms with Crippen molar-refractivity contribution in [2.45, 2.75) is 56.4 Å². The zero-order valence-electron chi connectivity index (χ0n) is 19.3. The first-order chi connectivity index (χ1) is 15.2. The summed E-state index contributed by atoms with van der Waals surface area (Å²) in [5, 5.41) is 14.7. The highest BCUT2D eigenvalue weighted by molar-refractivity contribution is 7.89. The van der Waals surface area contributed by atoms with Gasteiger partial charge in [-0.05, 0) is 83.3 Å². The van der Waals surface area contributed by atoms with E-state index < -0.39 is 14.9 Å². The number of hydrogen-bond donors (Lipinski definition) is 2. The lowest BCUT2D eigenvalue weighted by Gasteiger charge is -2.26. The van der Waals surface area contributed by atoms with Crippen molar-refractivity contribution in [2.24, 2.45) is 5.92 Å². The van der Waals surface area contributed by atoms with Gasteiger partial charge in [0.2, 0.25) is 10.0 Å². The summed E-state index contributed by atoms with van der Waals surface area (Å²) in [6.07, 6.45) is 5.60. The molecule has 180 valence electrons. The quantitative estimate of drug-likeness (QED) is 0.327. The fourth-order valence-corrected chi connectivity index (χ4v) is 5.82. The van der Waals surface area contributed by atoms with Gasteiger partial charge in [-0.15, -0.1) is 0 Å². The number of rotatable bonds is 9. The summed E-state index contributed by atoms with van der Waals surface area (Å²) in [7, 11) is -1.65. The highest BCUT2D eigenvalue weighted by Crippen LogP contribution is 2.29. The van der Waals surface area contributed by atoms with Crippen LogP contribution in [-0.4, -0.2) is 75.5 Å². The van der Waals surface area contributed by atoms with E-state index in [4.69, 9.17) is 0 Å². The Bertz CT molecular complexity index is 871. The topological polar surface area (TPSA) is 108 Å². The molecule has 1 saturated carbocycles. The second kappa shape index (κ2) is 11.4. The highest BCUT2D eigenvalue weighted by Gasteiger charge is 2.26. The lowest BCUT2D eigenvalue weighted by Crippen LogP contribution is -2.37. The average molecular weight is 468 g/mol. The molecule has 1 saturated heterocycles. The minimum absolute atomic E-state index is 0.0536. The second-order valence-electron chi connectivity index (χ2n) is 9.29. The Morgan fingerprint density at radius 1 is 1.12 bits per heavy atom. The van der Waals surface area contributed by atoms with Crippen LogP contribution in [0.3, 0.4) is 0 Å². The van der Waals surface area contributed by atoms with Crippen LogP contribution in [0.2, 0.25) is 0 Å². The molecule has 1 aliphatic carbocycles. The van der Waals surface area contributed by atoms with Crippen molar-refractivity contribution in [1.29, 1.82) is 0 Å². The molecule has 0 amide bonds. The minimum Gasteiger partial charge on any atom is -0.379 e. The summed E-state index contributed by atoms with van der Waals surface area (Å²) in [5.41, 5.74) is 0.151. The SMILES string of the molecule is CC1CCC(NS(=O)(=O)c2ccc(NCCCN3CCCN(C)CC3)c([N+](=O)[O-])c2)CC1. The zero-order chi connectivity index (χ0) is 23.1. The number of nitro groups is 1. The first-order valence-corrected chi connectivity index (χ1v) is 13.2. The van der Waals surface area contributed by atoms with E-state index in [2.05, 4.69) is 33.8 Å². The van der Waals surface area contributed by atoms with Crippen molar-refractivity contribution in [3.63, 3.8) is 0 Å². The molecule has 2 N–H and O–H groups in total. The van der Waals surface area contributed by atoms with Crippen molar-refractivity contribution in [3.8, 4) is 0 Å². The molecule has 1 heterocycles. The molecular formula is C22H37N5O4S. The lowest BCUT2D eigenvalue weighted by molar-refractivity contribution is -0.384. The van der Waals surface area contributed by atoms with E-state index in [9.17, 15) is 18.5 Å². The molecule has 0 radical (unpaired) electrons. The maximum atomic E-state index is 12.8. The van der Waals surface area contributed by atoms with Crippen LogP contribution in [0.1, 0.15) is 45.4 Å². The van der Waals surface area contributed by atoms with Crippen molar-refractivity contribution in [2.75, 3.05) is 51.6 Å². The van der Waals surface area contributed by atoms with Crippen molar-refractivity contribution in [3.05, 3.63) is 28.3 Å². The van der Waals surface area contributed by atoms with Crippen LogP contribution in [-0.2, 0) is 10.0 Å². The average Bonchev–Trinajstić information content (AvgIpc) is 2.96.